The maximum Gasteiger partial charge on any atom is 0.239 e. The molecule has 1 N–H and O–H groups in total. The Bertz CT molecular complexity index is 315. The zero-order valence-corrected chi connectivity index (χ0v) is 14.0. The van der Waals surface area contributed by atoms with E-state index < -0.39 is 5.60 Å². The Morgan fingerprint density at radius 3 is 2.25 bits per heavy atom. The summed E-state index contributed by atoms with van der Waals surface area (Å²) < 4.78 is 0. The number of likely N-dealkylation sites (N-methyl/N-ethyl adjacent to an activating group) is 1. The second-order valence-electron chi connectivity index (χ2n) is 7.24. The molecule has 3 atom stereocenters. The van der Waals surface area contributed by atoms with Crippen molar-refractivity contribution < 1.29 is 9.90 Å². The molecule has 0 radical (unpaired) electrons. The number of rotatable bonds is 5. The Balaban J connectivity index is 2.68. The summed E-state index contributed by atoms with van der Waals surface area (Å²) in [4.78, 5) is 16.8. The number of carbonyl (C=O) groups excluding carboxylic acids is 1. The van der Waals surface area contributed by atoms with Gasteiger partial charge in [-0.05, 0) is 45.6 Å². The fourth-order valence-electron chi connectivity index (χ4n) is 3.28. The summed E-state index contributed by atoms with van der Waals surface area (Å²) in [7, 11) is 0. The van der Waals surface area contributed by atoms with Crippen LogP contribution in [0.5, 0.6) is 0 Å². The van der Waals surface area contributed by atoms with Gasteiger partial charge in [0.05, 0.1) is 11.6 Å². The first-order chi connectivity index (χ1) is 9.14. The van der Waals surface area contributed by atoms with E-state index in [1.165, 1.54) is 6.42 Å². The van der Waals surface area contributed by atoms with Crippen LogP contribution in [0.4, 0.5) is 0 Å². The first-order valence-electron chi connectivity index (χ1n) is 7.89. The zero-order valence-electron chi connectivity index (χ0n) is 14.0. The Morgan fingerprint density at radius 1 is 1.35 bits per heavy atom. The number of piperidine rings is 1. The van der Waals surface area contributed by atoms with E-state index in [4.69, 9.17) is 0 Å². The van der Waals surface area contributed by atoms with Gasteiger partial charge in [0.15, 0.2) is 0 Å². The summed E-state index contributed by atoms with van der Waals surface area (Å²) in [6, 6.07) is -0.163. The Kier molecular flexibility index (Phi) is 6.02. The summed E-state index contributed by atoms with van der Waals surface area (Å²) >= 11 is 0. The van der Waals surface area contributed by atoms with Crippen molar-refractivity contribution in [3.8, 4) is 0 Å². The van der Waals surface area contributed by atoms with Gasteiger partial charge in [-0.25, -0.2) is 0 Å². The predicted molar refractivity (Wildman–Crippen MR) is 82.5 cm³/mol. The van der Waals surface area contributed by atoms with E-state index in [9.17, 15) is 9.90 Å². The van der Waals surface area contributed by atoms with Crippen molar-refractivity contribution in [2.24, 2.45) is 11.8 Å². The standard InChI is InChI=1S/C16H32N2O2/c1-7-17(11-16(5,6)20)14(4)15(19)18-9-12(2)8-13(3)10-18/h12-14,20H,7-11H2,1-6H3. The lowest BCUT2D eigenvalue weighted by Gasteiger charge is -2.39. The second-order valence-corrected chi connectivity index (χ2v) is 7.24. The van der Waals surface area contributed by atoms with Crippen molar-refractivity contribution in [1.82, 2.24) is 9.80 Å². The maximum atomic E-state index is 12.7. The van der Waals surface area contributed by atoms with Crippen molar-refractivity contribution in [2.75, 3.05) is 26.2 Å². The van der Waals surface area contributed by atoms with Gasteiger partial charge in [-0.15, -0.1) is 0 Å². The predicted octanol–water partition coefficient (Wildman–Crippen LogP) is 1.97. The molecule has 1 aliphatic rings. The van der Waals surface area contributed by atoms with Gasteiger partial charge in [-0.1, -0.05) is 20.8 Å². The number of nitrogens with zero attached hydrogens (tertiary/aromatic N) is 2. The van der Waals surface area contributed by atoms with Crippen molar-refractivity contribution >= 4 is 5.91 Å². The lowest BCUT2D eigenvalue weighted by Crippen LogP contribution is -2.53. The van der Waals surface area contributed by atoms with E-state index in [0.29, 0.717) is 18.4 Å². The monoisotopic (exact) mass is 284 g/mol. The van der Waals surface area contributed by atoms with Crippen molar-refractivity contribution in [2.45, 2.75) is 59.6 Å². The third-order valence-electron chi connectivity index (χ3n) is 4.08. The molecule has 4 heteroatoms. The molecule has 1 saturated heterocycles. The quantitative estimate of drug-likeness (QED) is 0.839. The van der Waals surface area contributed by atoms with Gasteiger partial charge in [-0.3, -0.25) is 9.69 Å². The minimum Gasteiger partial charge on any atom is -0.389 e. The van der Waals surface area contributed by atoms with Crippen LogP contribution in [0, 0.1) is 11.8 Å². The molecule has 1 aliphatic heterocycles. The Morgan fingerprint density at radius 2 is 1.85 bits per heavy atom. The number of aliphatic hydroxyl groups is 1. The summed E-state index contributed by atoms with van der Waals surface area (Å²) in [5.41, 5.74) is -0.771. The van der Waals surface area contributed by atoms with Crippen molar-refractivity contribution in [3.05, 3.63) is 0 Å². The molecule has 3 unspecified atom stereocenters. The van der Waals surface area contributed by atoms with E-state index in [0.717, 1.165) is 19.6 Å². The topological polar surface area (TPSA) is 43.8 Å². The summed E-state index contributed by atoms with van der Waals surface area (Å²) in [5.74, 6) is 1.37. The second kappa shape index (κ2) is 6.90. The first kappa shape index (κ1) is 17.4. The molecule has 1 heterocycles. The first-order valence-corrected chi connectivity index (χ1v) is 7.89. The van der Waals surface area contributed by atoms with Gasteiger partial charge in [0.2, 0.25) is 5.91 Å². The van der Waals surface area contributed by atoms with Gasteiger partial charge < -0.3 is 10.0 Å². The molecule has 0 aromatic heterocycles. The molecule has 0 aromatic rings. The van der Waals surface area contributed by atoms with E-state index >= 15 is 0 Å². The third kappa shape index (κ3) is 5.06. The van der Waals surface area contributed by atoms with Gasteiger partial charge >= 0.3 is 0 Å². The molecule has 118 valence electrons. The van der Waals surface area contributed by atoms with Crippen molar-refractivity contribution in [3.63, 3.8) is 0 Å². The summed E-state index contributed by atoms with van der Waals surface area (Å²) in [6.07, 6.45) is 1.21. The third-order valence-corrected chi connectivity index (χ3v) is 4.08. The Hall–Kier alpha value is -0.610. The SMILES string of the molecule is CCN(CC(C)(C)O)C(C)C(=O)N1CC(C)CC(C)C1. The molecule has 1 rings (SSSR count). The highest BCUT2D eigenvalue weighted by Gasteiger charge is 2.32. The minimum absolute atomic E-state index is 0.163. The normalized spacial score (nSPS) is 25.9. The van der Waals surface area contributed by atoms with E-state index in [-0.39, 0.29) is 11.9 Å². The number of amides is 1. The fourth-order valence-corrected chi connectivity index (χ4v) is 3.28. The van der Waals surface area contributed by atoms with Gasteiger partial charge in [0, 0.05) is 19.6 Å². The maximum absolute atomic E-state index is 12.7. The van der Waals surface area contributed by atoms with Crippen LogP contribution < -0.4 is 0 Å². The lowest BCUT2D eigenvalue weighted by atomic mass is 9.91. The van der Waals surface area contributed by atoms with Crippen LogP contribution in [0.25, 0.3) is 0 Å². The van der Waals surface area contributed by atoms with E-state index in [2.05, 4.69) is 18.7 Å². The van der Waals surface area contributed by atoms with Gasteiger partial charge in [0.1, 0.15) is 0 Å². The highest BCUT2D eigenvalue weighted by molar-refractivity contribution is 5.81. The molecule has 0 aliphatic carbocycles. The van der Waals surface area contributed by atoms with Gasteiger partial charge in [0.25, 0.3) is 0 Å². The van der Waals surface area contributed by atoms with Gasteiger partial charge in [-0.2, -0.15) is 0 Å². The van der Waals surface area contributed by atoms with Crippen LogP contribution in [0.3, 0.4) is 0 Å². The van der Waals surface area contributed by atoms with Crippen LogP contribution in [0.15, 0.2) is 0 Å². The molecule has 0 bridgehead atoms. The molecule has 0 spiro atoms. The number of carbonyl (C=O) groups is 1. The largest absolute Gasteiger partial charge is 0.389 e. The average molecular weight is 284 g/mol. The van der Waals surface area contributed by atoms with Crippen LogP contribution >= 0.6 is 0 Å². The molecule has 1 amide bonds. The molecule has 0 saturated carbocycles. The molecule has 20 heavy (non-hydrogen) atoms. The highest BCUT2D eigenvalue weighted by atomic mass is 16.3. The van der Waals surface area contributed by atoms with Crippen LogP contribution in [-0.4, -0.2) is 58.6 Å². The van der Waals surface area contributed by atoms with Crippen LogP contribution in [-0.2, 0) is 4.79 Å². The molecule has 4 nitrogen and oxygen atoms in total. The molecule has 1 fully saturated rings. The molecular formula is C16H32N2O2. The Labute approximate surface area is 124 Å². The lowest BCUT2D eigenvalue weighted by molar-refractivity contribution is -0.140. The number of hydrogen-bond donors (Lipinski definition) is 1. The fraction of sp³-hybridized carbons (Fsp3) is 0.938. The number of likely N-dealkylation sites (tertiary alicyclic amines) is 1. The van der Waals surface area contributed by atoms with Crippen LogP contribution in [0.2, 0.25) is 0 Å². The smallest absolute Gasteiger partial charge is 0.239 e. The van der Waals surface area contributed by atoms with E-state index in [1.807, 2.05) is 18.7 Å². The number of hydrogen-bond acceptors (Lipinski definition) is 3. The summed E-state index contributed by atoms with van der Waals surface area (Å²) in [5, 5.41) is 9.98. The summed E-state index contributed by atoms with van der Waals surface area (Å²) in [6.45, 7) is 15.0. The highest BCUT2D eigenvalue weighted by Crippen LogP contribution is 2.22. The van der Waals surface area contributed by atoms with E-state index in [1.54, 1.807) is 13.8 Å². The van der Waals surface area contributed by atoms with Crippen molar-refractivity contribution in [1.29, 1.82) is 0 Å². The molecular weight excluding hydrogens is 252 g/mol. The molecule has 0 aromatic carbocycles. The zero-order chi connectivity index (χ0) is 15.5. The minimum atomic E-state index is -0.771. The average Bonchev–Trinajstić information content (AvgIpc) is 2.31. The van der Waals surface area contributed by atoms with Crippen LogP contribution in [0.1, 0.15) is 48.0 Å².